The second-order valence-corrected chi connectivity index (χ2v) is 22.2. The topological polar surface area (TPSA) is 306 Å². The minimum absolute atomic E-state index is 0. The number of benzene rings is 8. The maximum atomic E-state index is 8.52. The molecule has 87 heavy (non-hydrogen) atoms. The number of ether oxygens (including phenoxy) is 4. The van der Waals surface area contributed by atoms with Gasteiger partial charge in [0, 0.05) is 64.6 Å². The third kappa shape index (κ3) is 13.5. The first kappa shape index (κ1) is 61.0. The van der Waals surface area contributed by atoms with Crippen LogP contribution in [-0.2, 0) is 20.8 Å². The van der Waals surface area contributed by atoms with Crippen molar-refractivity contribution in [2.45, 2.75) is 55.4 Å². The van der Waals surface area contributed by atoms with Crippen LogP contribution in [-0.4, -0.2) is 99.3 Å². The number of rotatable bonds is 8. The second kappa shape index (κ2) is 24.3. The number of nitrogens with zero attached hydrogens (tertiary/aromatic N) is 6. The van der Waals surface area contributed by atoms with Crippen molar-refractivity contribution >= 4 is 89.4 Å². The molecule has 23 heteroatoms. The van der Waals surface area contributed by atoms with Crippen LogP contribution >= 0.6 is 0 Å². The molecule has 0 amide bonds. The van der Waals surface area contributed by atoms with Gasteiger partial charge in [-0.2, -0.15) is 0 Å². The number of nitrogens with one attached hydrogen (secondary N) is 2. The third-order valence-corrected chi connectivity index (χ3v) is 14.2. The van der Waals surface area contributed by atoms with E-state index in [1.165, 1.54) is 0 Å². The van der Waals surface area contributed by atoms with Gasteiger partial charge in [0.15, 0.2) is 23.3 Å². The molecule has 8 bridgehead atoms. The quantitative estimate of drug-likeness (QED) is 0.0811. The van der Waals surface area contributed by atoms with Crippen LogP contribution < -0.4 is 18.9 Å². The van der Waals surface area contributed by atoms with Gasteiger partial charge in [0.05, 0.1) is 0 Å². The van der Waals surface area contributed by atoms with E-state index in [4.69, 9.17) is 83.9 Å². The Balaban J connectivity index is 0.000000707. The first-order valence-electron chi connectivity index (χ1n) is 26.6. The van der Waals surface area contributed by atoms with Gasteiger partial charge < -0.3 is 47.1 Å². The summed E-state index contributed by atoms with van der Waals surface area (Å²) in [5, 5.41) is 3.15. The van der Waals surface area contributed by atoms with E-state index in [1.807, 2.05) is 201 Å². The second-order valence-electron chi connectivity index (χ2n) is 20.5. The first-order valence-corrected chi connectivity index (χ1v) is 29.2. The molecular formula is C64H50N8O12S2Sb-. The van der Waals surface area contributed by atoms with Crippen LogP contribution in [0.2, 0.25) is 0 Å². The van der Waals surface area contributed by atoms with Crippen LogP contribution in [0.15, 0.2) is 146 Å². The molecule has 0 unspecified atom stereocenters. The molecule has 0 saturated carbocycles. The Hall–Kier alpha value is -9.12. The first-order chi connectivity index (χ1) is 40.9. The van der Waals surface area contributed by atoms with Crippen LogP contribution in [0.1, 0.15) is 44.5 Å². The molecule has 11 aromatic rings. The third-order valence-electron chi connectivity index (χ3n) is 14.2. The van der Waals surface area contributed by atoms with Crippen molar-refractivity contribution in [3.63, 3.8) is 0 Å². The molecule has 0 fully saturated rings. The molecule has 2 N–H and O–H groups in total. The fraction of sp³-hybridized carbons (Fsp3) is 0.125. The number of hydrogen-bond acceptors (Lipinski definition) is 18. The summed E-state index contributed by atoms with van der Waals surface area (Å²) in [4.78, 5) is 39.0. The summed E-state index contributed by atoms with van der Waals surface area (Å²) >= 11 is 0. The van der Waals surface area contributed by atoms with E-state index in [1.54, 1.807) is 0 Å². The Morgan fingerprint density at radius 1 is 0.310 bits per heavy atom. The van der Waals surface area contributed by atoms with Gasteiger partial charge in [-0.25, -0.2) is 29.9 Å². The van der Waals surface area contributed by atoms with Crippen molar-refractivity contribution in [2.24, 2.45) is 0 Å². The van der Waals surface area contributed by atoms with E-state index in [9.17, 15) is 0 Å². The molecule has 2 aliphatic heterocycles. The molecule has 8 aromatic carbocycles. The number of aromatic nitrogens is 8. The van der Waals surface area contributed by atoms with Crippen LogP contribution in [0, 0.1) is 55.4 Å². The number of fused-ring (bicyclic) bond motifs is 20. The maximum absolute atomic E-state index is 8.52. The number of para-hydroxylation sites is 4. The molecule has 0 saturated heterocycles. The molecular weight excluding hydrogens is 1260 g/mol. The summed E-state index contributed by atoms with van der Waals surface area (Å²) in [5.41, 5.74) is 13.4. The average molecular weight is 1310 g/mol. The van der Waals surface area contributed by atoms with Gasteiger partial charge in [0.2, 0.25) is 0 Å². The van der Waals surface area contributed by atoms with Gasteiger partial charge in [0.25, 0.3) is 0 Å². The Morgan fingerprint density at radius 3 is 0.816 bits per heavy atom. The van der Waals surface area contributed by atoms with E-state index in [2.05, 4.69) is 9.97 Å². The molecule has 0 atom stereocenters. The number of hydrogen-bond donors (Lipinski definition) is 2. The summed E-state index contributed by atoms with van der Waals surface area (Å²) in [7, 11) is -10.3. The van der Waals surface area contributed by atoms with E-state index >= 15 is 0 Å². The van der Waals surface area contributed by atoms with Gasteiger partial charge in [-0.1, -0.05) is 72.8 Å². The Bertz CT molecular complexity index is 4590. The van der Waals surface area contributed by atoms with Crippen LogP contribution in [0.4, 0.5) is 0 Å². The zero-order valence-corrected chi connectivity index (χ0v) is 51.9. The van der Waals surface area contributed by atoms with Crippen molar-refractivity contribution in [3.05, 3.63) is 190 Å². The van der Waals surface area contributed by atoms with Crippen molar-refractivity contribution < 1.29 is 54.0 Å². The molecule has 0 spiro atoms. The molecule has 0 aliphatic carbocycles. The Labute approximate surface area is 517 Å². The minimum atomic E-state index is -5.17. The molecule has 3 aromatic heterocycles. The van der Waals surface area contributed by atoms with Crippen LogP contribution in [0.5, 0.6) is 46.0 Å². The molecule has 20 nitrogen and oxygen atoms in total. The minimum Gasteiger partial charge on any atom is -0.759 e. The van der Waals surface area contributed by atoms with E-state index < -0.39 is 20.8 Å². The van der Waals surface area contributed by atoms with Gasteiger partial charge in [0.1, 0.15) is 68.6 Å². The zero-order valence-electron chi connectivity index (χ0n) is 47.7. The van der Waals surface area contributed by atoms with Crippen LogP contribution in [0.3, 0.4) is 0 Å². The Kier molecular flexibility index (Phi) is 17.1. The van der Waals surface area contributed by atoms with Gasteiger partial charge in [-0.3, -0.25) is 16.8 Å². The van der Waals surface area contributed by atoms with Crippen LogP contribution in [0.25, 0.3) is 89.7 Å². The maximum Gasteiger partial charge on any atom is 3.00 e. The number of aryl methyl sites for hydroxylation is 8. The number of H-pyrrole nitrogens is 2. The van der Waals surface area contributed by atoms with Crippen molar-refractivity contribution in [1.29, 1.82) is 0 Å². The SMILES string of the molecule is Cc1cccc(C)c1Oc1ccc2c(c1)-c1nc-2nc2[nH]c(nc3nc(nc4[nH]c(n1)c1ccc(Oc5c(C)cccc5C)cc41)-c1ccc(Oc4c(C)cccc4C)cc1-3)c1ccc(Oc3c(C)cccc3C)cc21.O=S(=O)([O-])[O-].O=S(=O)([O-])[O-].[Sb+3]. The van der Waals surface area contributed by atoms with Gasteiger partial charge in [-0.15, -0.1) is 0 Å². The summed E-state index contributed by atoms with van der Waals surface area (Å²) < 4.78 is 94.7. The number of aromatic amines is 2. The average Bonchev–Trinajstić information content (AvgIpc) is 1.71. The predicted molar refractivity (Wildman–Crippen MR) is 327 cm³/mol. The van der Waals surface area contributed by atoms with E-state index in [0.29, 0.717) is 68.9 Å². The van der Waals surface area contributed by atoms with E-state index in [-0.39, 0.29) is 24.4 Å². The molecule has 13 rings (SSSR count). The monoisotopic (exact) mass is 1310 g/mol. The standard InChI is InChI=1S/C64H50N8O4.2H2O4S.Sb/c1-33-13-9-14-34(2)53(33)73-41-21-25-45-49(29-41)61-65-57(45)70-62-51-31-43(75-55-37(5)17-11-18-38(55)6)23-27-47(51)59(67-62)72-64-52-32-44(76-56-39(7)19-12-20-40(56)8)24-28-48(52)60(68-64)71-63-50-30-42(22-26-46(50)58(66-63)69-61)74-54-35(3)15-10-16-36(54)4;2*1-5(2,3)4;/h9-32H,1-8H3,(H2,65,66,67,68,69,70,71,72);2*(H2,1,2,3,4);/q;;;+3/p-4. The van der Waals surface area contributed by atoms with Crippen molar-refractivity contribution in [1.82, 2.24) is 39.9 Å². The largest absolute Gasteiger partial charge is 3.00 e. The molecule has 5 heterocycles. The molecule has 2 aliphatic rings. The molecule has 436 valence electrons. The normalized spacial score (nSPS) is 11.5. The van der Waals surface area contributed by atoms with E-state index in [0.717, 1.165) is 111 Å². The Morgan fingerprint density at radius 2 is 0.540 bits per heavy atom. The summed E-state index contributed by atoms with van der Waals surface area (Å²) in [6, 6.07) is 48.3. The van der Waals surface area contributed by atoms with Gasteiger partial charge in [-0.05, 0) is 173 Å². The zero-order chi connectivity index (χ0) is 60.9. The summed E-state index contributed by atoms with van der Waals surface area (Å²) in [5.74, 6) is 7.53. The van der Waals surface area contributed by atoms with Gasteiger partial charge >= 0.3 is 24.4 Å². The van der Waals surface area contributed by atoms with Crippen molar-refractivity contribution in [3.8, 4) is 91.5 Å². The summed E-state index contributed by atoms with van der Waals surface area (Å²) in [6.07, 6.45) is 0. The fourth-order valence-corrected chi connectivity index (χ4v) is 10.3. The fourth-order valence-electron chi connectivity index (χ4n) is 10.3. The predicted octanol–water partition coefficient (Wildman–Crippen LogP) is 13.4. The molecule has 2 radical (unpaired) electrons. The van der Waals surface area contributed by atoms with Crippen molar-refractivity contribution in [2.75, 3.05) is 0 Å². The smallest absolute Gasteiger partial charge is 0.759 e. The summed E-state index contributed by atoms with van der Waals surface area (Å²) in [6.45, 7) is 16.4.